The van der Waals surface area contributed by atoms with Gasteiger partial charge in [0.2, 0.25) is 0 Å². The minimum atomic E-state index is -0.199. The molecule has 0 aliphatic carbocycles. The highest BCUT2D eigenvalue weighted by atomic mass is 32.2. The number of halogens is 1. The Balaban J connectivity index is 1.97. The monoisotopic (exact) mass is 289 g/mol. The van der Waals surface area contributed by atoms with Crippen molar-refractivity contribution in [2.24, 2.45) is 5.73 Å². The topological polar surface area (TPSA) is 26.0 Å². The highest BCUT2D eigenvalue weighted by molar-refractivity contribution is 7.97. The largest absolute Gasteiger partial charge is 0.326 e. The molecule has 0 bridgehead atoms. The van der Waals surface area contributed by atoms with Crippen molar-refractivity contribution < 1.29 is 4.39 Å². The summed E-state index contributed by atoms with van der Waals surface area (Å²) in [4.78, 5) is 0. The lowest BCUT2D eigenvalue weighted by molar-refractivity contribution is 0.624. The first-order valence-corrected chi connectivity index (χ1v) is 7.85. The molecule has 0 fully saturated rings. The summed E-state index contributed by atoms with van der Waals surface area (Å²) < 4.78 is 13.4. The van der Waals surface area contributed by atoms with Crippen molar-refractivity contribution >= 4 is 11.8 Å². The number of aryl methyl sites for hydroxylation is 2. The van der Waals surface area contributed by atoms with E-state index in [-0.39, 0.29) is 5.82 Å². The van der Waals surface area contributed by atoms with Gasteiger partial charge in [0.05, 0.1) is 0 Å². The van der Waals surface area contributed by atoms with Gasteiger partial charge in [-0.2, -0.15) is 11.8 Å². The Morgan fingerprint density at radius 3 is 2.00 bits per heavy atom. The van der Waals surface area contributed by atoms with Crippen molar-refractivity contribution in [3.05, 3.63) is 70.0 Å². The third-order valence-electron chi connectivity index (χ3n) is 3.07. The van der Waals surface area contributed by atoms with Crippen LogP contribution in [0.15, 0.2) is 36.4 Å². The summed E-state index contributed by atoms with van der Waals surface area (Å²) >= 11 is 1.80. The fraction of sp³-hybridized carbons (Fsp3) is 0.294. The Bertz CT molecular complexity index is 575. The van der Waals surface area contributed by atoms with Gasteiger partial charge in [-0.15, -0.1) is 0 Å². The van der Waals surface area contributed by atoms with Gasteiger partial charge < -0.3 is 5.73 Å². The molecule has 3 heteroatoms. The van der Waals surface area contributed by atoms with Gasteiger partial charge in [-0.1, -0.05) is 35.4 Å². The van der Waals surface area contributed by atoms with Gasteiger partial charge in [0.25, 0.3) is 0 Å². The zero-order valence-corrected chi connectivity index (χ0v) is 12.8. The van der Waals surface area contributed by atoms with Crippen molar-refractivity contribution in [3.8, 4) is 0 Å². The van der Waals surface area contributed by atoms with Crippen molar-refractivity contribution in [3.63, 3.8) is 0 Å². The fourth-order valence-electron chi connectivity index (χ4n) is 2.36. The number of benzene rings is 2. The molecule has 20 heavy (non-hydrogen) atoms. The standard InChI is InChI=1S/C17H20FNS/c1-12-3-13(2)5-15(4-12)10-20-11-16-6-14(9-19)7-17(18)8-16/h3-8H,9-11,19H2,1-2H3. The van der Waals surface area contributed by atoms with Crippen LogP contribution < -0.4 is 5.73 Å². The molecule has 0 amide bonds. The molecule has 2 aromatic carbocycles. The average Bonchev–Trinajstić information content (AvgIpc) is 2.37. The number of rotatable bonds is 5. The minimum absolute atomic E-state index is 0.199. The van der Waals surface area contributed by atoms with E-state index in [1.165, 1.54) is 22.8 Å². The number of hydrogen-bond donors (Lipinski definition) is 1. The number of nitrogens with two attached hydrogens (primary N) is 1. The van der Waals surface area contributed by atoms with Crippen LogP contribution in [0.25, 0.3) is 0 Å². The second-order valence-corrected chi connectivity index (χ2v) is 6.15. The van der Waals surface area contributed by atoms with Crippen LogP contribution in [0.2, 0.25) is 0 Å². The summed E-state index contributed by atoms with van der Waals surface area (Å²) in [5.74, 6) is 1.55. The van der Waals surface area contributed by atoms with Crippen LogP contribution in [-0.2, 0) is 18.1 Å². The van der Waals surface area contributed by atoms with Crippen LogP contribution in [-0.4, -0.2) is 0 Å². The summed E-state index contributed by atoms with van der Waals surface area (Å²) in [5, 5.41) is 0. The van der Waals surface area contributed by atoms with Crippen molar-refractivity contribution in [2.45, 2.75) is 31.9 Å². The predicted octanol–water partition coefficient (Wildman–Crippen LogP) is 4.33. The molecular weight excluding hydrogens is 269 g/mol. The third-order valence-corrected chi connectivity index (χ3v) is 4.15. The molecule has 2 rings (SSSR count). The van der Waals surface area contributed by atoms with E-state index in [1.807, 2.05) is 6.07 Å². The highest BCUT2D eigenvalue weighted by Crippen LogP contribution is 2.21. The van der Waals surface area contributed by atoms with Gasteiger partial charge in [0.15, 0.2) is 0 Å². The summed E-state index contributed by atoms with van der Waals surface area (Å²) in [5.41, 5.74) is 11.3. The molecule has 2 aromatic rings. The van der Waals surface area contributed by atoms with Gasteiger partial charge in [0.1, 0.15) is 5.82 Å². The highest BCUT2D eigenvalue weighted by Gasteiger charge is 2.02. The number of thioether (sulfide) groups is 1. The smallest absolute Gasteiger partial charge is 0.123 e. The maximum absolute atomic E-state index is 13.4. The van der Waals surface area contributed by atoms with E-state index in [9.17, 15) is 4.39 Å². The molecule has 0 unspecified atom stereocenters. The second-order valence-electron chi connectivity index (χ2n) is 5.16. The fourth-order valence-corrected chi connectivity index (χ4v) is 3.26. The van der Waals surface area contributed by atoms with Crippen LogP contribution in [0.4, 0.5) is 4.39 Å². The van der Waals surface area contributed by atoms with Crippen LogP contribution in [0.3, 0.4) is 0 Å². The zero-order valence-electron chi connectivity index (χ0n) is 11.9. The van der Waals surface area contributed by atoms with E-state index in [0.717, 1.165) is 22.6 Å². The lowest BCUT2D eigenvalue weighted by Crippen LogP contribution is -1.98. The zero-order chi connectivity index (χ0) is 14.5. The first-order valence-electron chi connectivity index (χ1n) is 6.70. The number of hydrogen-bond acceptors (Lipinski definition) is 2. The average molecular weight is 289 g/mol. The molecule has 0 aliphatic heterocycles. The lowest BCUT2D eigenvalue weighted by atomic mass is 10.1. The molecule has 0 atom stereocenters. The van der Waals surface area contributed by atoms with Crippen molar-refractivity contribution in [1.82, 2.24) is 0 Å². The van der Waals surface area contributed by atoms with Gasteiger partial charge >= 0.3 is 0 Å². The Kier molecular flexibility index (Phi) is 5.21. The van der Waals surface area contributed by atoms with Gasteiger partial charge in [-0.25, -0.2) is 4.39 Å². The van der Waals surface area contributed by atoms with E-state index in [0.29, 0.717) is 6.54 Å². The Labute approximate surface area is 124 Å². The molecule has 106 valence electrons. The van der Waals surface area contributed by atoms with Crippen LogP contribution in [0.1, 0.15) is 27.8 Å². The molecule has 0 aliphatic rings. The van der Waals surface area contributed by atoms with Crippen molar-refractivity contribution in [2.75, 3.05) is 0 Å². The van der Waals surface area contributed by atoms with E-state index in [2.05, 4.69) is 32.0 Å². The summed E-state index contributed by atoms with van der Waals surface area (Å²) in [6.07, 6.45) is 0. The quantitative estimate of drug-likeness (QED) is 0.886. The Morgan fingerprint density at radius 2 is 1.40 bits per heavy atom. The van der Waals surface area contributed by atoms with E-state index in [4.69, 9.17) is 5.73 Å². The van der Waals surface area contributed by atoms with Crippen LogP contribution >= 0.6 is 11.8 Å². The molecule has 0 radical (unpaired) electrons. The molecule has 1 nitrogen and oxygen atoms in total. The normalized spacial score (nSPS) is 10.8. The molecule has 0 saturated carbocycles. The Morgan fingerprint density at radius 1 is 0.850 bits per heavy atom. The SMILES string of the molecule is Cc1cc(C)cc(CSCc2cc(F)cc(CN)c2)c1. The molecule has 0 saturated heterocycles. The summed E-state index contributed by atoms with van der Waals surface area (Å²) in [7, 11) is 0. The lowest BCUT2D eigenvalue weighted by Gasteiger charge is -2.07. The van der Waals surface area contributed by atoms with Gasteiger partial charge in [-0.3, -0.25) is 0 Å². The summed E-state index contributed by atoms with van der Waals surface area (Å²) in [6.45, 7) is 4.61. The predicted molar refractivity (Wildman–Crippen MR) is 85.2 cm³/mol. The third kappa shape index (κ3) is 4.36. The molecule has 2 N–H and O–H groups in total. The molecule has 0 aromatic heterocycles. The summed E-state index contributed by atoms with van der Waals surface area (Å²) in [6, 6.07) is 11.7. The van der Waals surface area contributed by atoms with Crippen LogP contribution in [0, 0.1) is 19.7 Å². The van der Waals surface area contributed by atoms with E-state index in [1.54, 1.807) is 17.8 Å². The van der Waals surface area contributed by atoms with Gasteiger partial charge in [-0.05, 0) is 42.7 Å². The maximum Gasteiger partial charge on any atom is 0.123 e. The van der Waals surface area contributed by atoms with Gasteiger partial charge in [0, 0.05) is 18.1 Å². The maximum atomic E-state index is 13.4. The van der Waals surface area contributed by atoms with E-state index < -0.39 is 0 Å². The van der Waals surface area contributed by atoms with Crippen molar-refractivity contribution in [1.29, 1.82) is 0 Å². The van der Waals surface area contributed by atoms with Crippen LogP contribution in [0.5, 0.6) is 0 Å². The Hall–Kier alpha value is -1.32. The molecule has 0 spiro atoms. The first-order chi connectivity index (χ1) is 9.56. The molecular formula is C17H20FNS. The second kappa shape index (κ2) is 6.91. The molecule has 0 heterocycles. The van der Waals surface area contributed by atoms with E-state index >= 15 is 0 Å². The first kappa shape index (κ1) is 15.1. The minimum Gasteiger partial charge on any atom is -0.326 e.